The lowest BCUT2D eigenvalue weighted by molar-refractivity contribution is -0.128. The molecular weight excluding hydrogens is 747 g/mol. The Morgan fingerprint density at radius 2 is 0.847 bits per heavy atom. The van der Waals surface area contributed by atoms with E-state index in [1.165, 1.54) is 58.0 Å². The number of piperidine rings is 3. The fourth-order valence-electron chi connectivity index (χ4n) is 10.4. The second-order valence-electron chi connectivity index (χ2n) is 21.3. The summed E-state index contributed by atoms with van der Waals surface area (Å²) in [5, 5.41) is 0. The topological polar surface area (TPSA) is 16.2 Å². The van der Waals surface area contributed by atoms with Gasteiger partial charge in [-0.1, -0.05) is 90.0 Å². The van der Waals surface area contributed by atoms with Crippen molar-refractivity contribution in [2.45, 2.75) is 210 Å². The molecule has 9 heteroatoms. The lowest BCUT2D eigenvalue weighted by Crippen LogP contribution is -2.59. The van der Waals surface area contributed by atoms with Crippen molar-refractivity contribution in [2.24, 2.45) is 41.4 Å². The maximum Gasteiger partial charge on any atom is 0.275 e. The van der Waals surface area contributed by atoms with E-state index in [1.54, 1.807) is 11.9 Å². The fraction of sp³-hybridized carbons (Fsp3) is 1.00. The molecule has 5 nitrogen and oxygen atoms in total. The van der Waals surface area contributed by atoms with Crippen molar-refractivity contribution in [3.8, 4) is 0 Å². The molecular formula is C50H101F4N5. The first-order chi connectivity index (χ1) is 27.6. The monoisotopic (exact) mass is 848 g/mol. The number of nitrogens with zero attached hydrogens (tertiary/aromatic N) is 5. The normalized spacial score (nSPS) is 27.4. The van der Waals surface area contributed by atoms with Crippen molar-refractivity contribution in [3.63, 3.8) is 0 Å². The highest BCUT2D eigenvalue weighted by atomic mass is 19.3. The summed E-state index contributed by atoms with van der Waals surface area (Å²) in [6.45, 7) is 40.4. The molecule has 0 aromatic carbocycles. The number of alkyl halides is 4. The number of hydrogen-bond acceptors (Lipinski definition) is 5. The van der Waals surface area contributed by atoms with E-state index in [0.717, 1.165) is 75.9 Å². The minimum absolute atomic E-state index is 0.0688. The van der Waals surface area contributed by atoms with Crippen LogP contribution in [0, 0.1) is 41.4 Å². The summed E-state index contributed by atoms with van der Waals surface area (Å²) in [6.07, 6.45) is 12.7. The third-order valence-corrected chi connectivity index (χ3v) is 13.1. The Morgan fingerprint density at radius 3 is 1.20 bits per heavy atom. The van der Waals surface area contributed by atoms with Gasteiger partial charge in [-0.05, 0) is 166 Å². The average molecular weight is 848 g/mol. The molecule has 5 heterocycles. The van der Waals surface area contributed by atoms with Gasteiger partial charge in [0, 0.05) is 31.7 Å². The van der Waals surface area contributed by atoms with E-state index >= 15 is 0 Å². The van der Waals surface area contributed by atoms with Crippen molar-refractivity contribution >= 4 is 0 Å². The van der Waals surface area contributed by atoms with E-state index in [-0.39, 0.29) is 19.1 Å². The van der Waals surface area contributed by atoms with Gasteiger partial charge in [-0.3, -0.25) is 14.7 Å². The summed E-state index contributed by atoms with van der Waals surface area (Å²) in [4.78, 5) is 10.5. The van der Waals surface area contributed by atoms with E-state index in [0.29, 0.717) is 36.5 Å². The summed E-state index contributed by atoms with van der Waals surface area (Å²) in [6, 6.07) is 0.0135. The lowest BCUT2D eigenvalue weighted by atomic mass is 9.88. The minimum Gasteiger partial charge on any atom is -0.300 e. The zero-order valence-electron chi connectivity index (χ0n) is 41.9. The molecule has 0 aromatic heterocycles. The highest BCUT2D eigenvalue weighted by Crippen LogP contribution is 2.37. The first-order valence-corrected chi connectivity index (χ1v) is 25.0. The number of likely N-dealkylation sites (tertiary alicyclic amines) is 5. The van der Waals surface area contributed by atoms with Crippen LogP contribution in [0.3, 0.4) is 0 Å². The van der Waals surface area contributed by atoms with Crippen LogP contribution >= 0.6 is 0 Å². The van der Waals surface area contributed by atoms with Crippen LogP contribution in [-0.2, 0) is 0 Å². The Balaban J connectivity index is 0.000000417. The van der Waals surface area contributed by atoms with E-state index in [2.05, 4.69) is 90.9 Å². The van der Waals surface area contributed by atoms with Crippen LogP contribution in [0.5, 0.6) is 0 Å². The van der Waals surface area contributed by atoms with Gasteiger partial charge >= 0.3 is 0 Å². The summed E-state index contributed by atoms with van der Waals surface area (Å²) in [5.74, 6) is 0.213. The SMILES string of the molecule is CC.CC(C)C.CC(C)CC1CCN(C2CCN(C(C)C)CC2(F)F)C1.CC(C)CC1CCN(C2CCN(C)CC2(F)F)C1.CCC(CC)N1CCC(CC(C)C)CC1. The highest BCUT2D eigenvalue weighted by molar-refractivity contribution is 4.97. The Bertz CT molecular complexity index is 1040. The van der Waals surface area contributed by atoms with Gasteiger partial charge in [0.25, 0.3) is 11.8 Å². The van der Waals surface area contributed by atoms with Gasteiger partial charge < -0.3 is 9.80 Å². The number of hydrogen-bond donors (Lipinski definition) is 0. The van der Waals surface area contributed by atoms with Crippen molar-refractivity contribution in [3.05, 3.63) is 0 Å². The van der Waals surface area contributed by atoms with E-state index in [4.69, 9.17) is 0 Å². The molecule has 5 fully saturated rings. The van der Waals surface area contributed by atoms with Crippen LogP contribution in [0.2, 0.25) is 0 Å². The largest absolute Gasteiger partial charge is 0.300 e. The first kappa shape index (κ1) is 56.5. The first-order valence-electron chi connectivity index (χ1n) is 25.0. The Kier molecular flexibility index (Phi) is 27.2. The van der Waals surface area contributed by atoms with E-state index in [1.807, 2.05) is 32.6 Å². The minimum atomic E-state index is -2.56. The standard InChI is InChI=1S/C16H30F2N2.C14H26F2N2.C14H29N.C4H10.C2H6/c1-12(2)9-14-5-7-19(10-14)15-6-8-20(13(3)4)11-16(15,17)18;1-11(2)8-12-4-7-18(9-12)13-5-6-17(3)10-14(13,15)16;1-5-14(6-2)15-9-7-13(8-10-15)11-12(3)4;1-4(2)3;1-2/h12-15H,5-11H2,1-4H3;11-13H,4-10H2,1-3H3;12-14H,5-11H2,1-4H3;4H,1-3H3;1-2H3. The molecule has 0 aromatic rings. The summed E-state index contributed by atoms with van der Waals surface area (Å²) in [7, 11) is 1.79. The van der Waals surface area contributed by atoms with Gasteiger partial charge in [-0.15, -0.1) is 0 Å². The Hall–Kier alpha value is -0.480. The zero-order chi connectivity index (χ0) is 45.1. The molecule has 59 heavy (non-hydrogen) atoms. The van der Waals surface area contributed by atoms with Crippen molar-refractivity contribution in [1.82, 2.24) is 24.5 Å². The van der Waals surface area contributed by atoms with Gasteiger partial charge in [0.1, 0.15) is 0 Å². The Labute approximate surface area is 365 Å². The molecule has 5 aliphatic rings. The van der Waals surface area contributed by atoms with Crippen molar-refractivity contribution in [1.29, 1.82) is 0 Å². The van der Waals surface area contributed by atoms with Crippen LogP contribution in [0.1, 0.15) is 174 Å². The molecule has 0 spiro atoms. The molecule has 4 unspecified atom stereocenters. The van der Waals surface area contributed by atoms with Crippen molar-refractivity contribution in [2.75, 3.05) is 72.5 Å². The third kappa shape index (κ3) is 21.2. The Morgan fingerprint density at radius 1 is 0.492 bits per heavy atom. The second-order valence-corrected chi connectivity index (χ2v) is 21.3. The average Bonchev–Trinajstić information content (AvgIpc) is 3.78. The fourth-order valence-corrected chi connectivity index (χ4v) is 10.4. The van der Waals surface area contributed by atoms with Gasteiger partial charge in [-0.25, -0.2) is 17.6 Å². The quantitative estimate of drug-likeness (QED) is 0.181. The smallest absolute Gasteiger partial charge is 0.275 e. The molecule has 0 aliphatic carbocycles. The third-order valence-electron chi connectivity index (χ3n) is 13.1. The highest BCUT2D eigenvalue weighted by Gasteiger charge is 2.49. The molecule has 4 atom stereocenters. The predicted octanol–water partition coefficient (Wildman–Crippen LogP) is 12.8. The zero-order valence-corrected chi connectivity index (χ0v) is 41.9. The molecule has 5 aliphatic heterocycles. The molecule has 0 radical (unpaired) electrons. The lowest BCUT2D eigenvalue weighted by Gasteiger charge is -2.43. The van der Waals surface area contributed by atoms with Gasteiger partial charge in [-0.2, -0.15) is 0 Å². The van der Waals surface area contributed by atoms with E-state index in [9.17, 15) is 17.6 Å². The molecule has 0 bridgehead atoms. The maximum atomic E-state index is 14.4. The molecule has 354 valence electrons. The summed E-state index contributed by atoms with van der Waals surface area (Å²) < 4.78 is 57.0. The van der Waals surface area contributed by atoms with Crippen molar-refractivity contribution < 1.29 is 17.6 Å². The molecule has 5 saturated heterocycles. The maximum absolute atomic E-state index is 14.4. The molecule has 0 amide bonds. The summed E-state index contributed by atoms with van der Waals surface area (Å²) in [5.41, 5.74) is 0. The van der Waals surface area contributed by atoms with Gasteiger partial charge in [0.05, 0.1) is 25.2 Å². The second kappa shape index (κ2) is 28.3. The van der Waals surface area contributed by atoms with Crippen LogP contribution in [-0.4, -0.2) is 133 Å². The van der Waals surface area contributed by atoms with Crippen LogP contribution in [0.4, 0.5) is 17.6 Å². The molecule has 0 N–H and O–H groups in total. The number of halogens is 4. The van der Waals surface area contributed by atoms with Crippen LogP contribution < -0.4 is 0 Å². The predicted molar refractivity (Wildman–Crippen MR) is 249 cm³/mol. The van der Waals surface area contributed by atoms with E-state index < -0.39 is 23.9 Å². The van der Waals surface area contributed by atoms with Gasteiger partial charge in [0.15, 0.2) is 0 Å². The van der Waals surface area contributed by atoms with Crippen LogP contribution in [0.15, 0.2) is 0 Å². The number of rotatable bonds is 12. The summed E-state index contributed by atoms with van der Waals surface area (Å²) >= 11 is 0. The van der Waals surface area contributed by atoms with Crippen LogP contribution in [0.25, 0.3) is 0 Å². The molecule has 5 rings (SSSR count). The molecule has 0 saturated carbocycles. The van der Waals surface area contributed by atoms with Gasteiger partial charge in [0.2, 0.25) is 0 Å².